The van der Waals surface area contributed by atoms with E-state index in [4.69, 9.17) is 12.2 Å². The van der Waals surface area contributed by atoms with E-state index in [9.17, 15) is 14.9 Å². The Balaban J connectivity index is 1.80. The number of aromatic nitrogens is 1. The van der Waals surface area contributed by atoms with Crippen molar-refractivity contribution in [1.29, 1.82) is 5.26 Å². The van der Waals surface area contributed by atoms with Crippen molar-refractivity contribution in [1.82, 2.24) is 9.47 Å². The zero-order chi connectivity index (χ0) is 25.8. The fourth-order valence-corrected chi connectivity index (χ4v) is 5.91. The number of benzene rings is 1. The van der Waals surface area contributed by atoms with Crippen LogP contribution >= 0.6 is 24.0 Å². The molecule has 0 unspecified atom stereocenters. The molecular weight excluding hydrogens is 490 g/mol. The van der Waals surface area contributed by atoms with Gasteiger partial charge in [-0.05, 0) is 37.1 Å². The number of nitriles is 1. The van der Waals surface area contributed by atoms with Gasteiger partial charge < -0.3 is 9.80 Å². The molecule has 36 heavy (non-hydrogen) atoms. The SMILES string of the molecule is C=CCN1C(=O)C(=Cc2c(C)c(C#N)c(=O)n(CCC)c2N2CCN(c3ccccc3)CC2)SC1=S. The summed E-state index contributed by atoms with van der Waals surface area (Å²) in [7, 11) is 0. The minimum absolute atomic E-state index is 0.114. The van der Waals surface area contributed by atoms with Crippen LogP contribution in [0.1, 0.15) is 30.0 Å². The Morgan fingerprint density at radius 2 is 1.81 bits per heavy atom. The van der Waals surface area contributed by atoms with Crippen molar-refractivity contribution in [2.75, 3.05) is 42.5 Å². The Morgan fingerprint density at radius 3 is 2.42 bits per heavy atom. The summed E-state index contributed by atoms with van der Waals surface area (Å²) in [6.07, 6.45) is 4.20. The lowest BCUT2D eigenvalue weighted by atomic mass is 10.0. The van der Waals surface area contributed by atoms with Crippen LogP contribution in [0.2, 0.25) is 0 Å². The number of carbonyl (C=O) groups excluding carboxylic acids is 1. The lowest BCUT2D eigenvalue weighted by molar-refractivity contribution is -0.121. The van der Waals surface area contributed by atoms with Crippen molar-refractivity contribution in [3.05, 3.63) is 74.9 Å². The molecule has 1 aromatic carbocycles. The highest BCUT2D eigenvalue weighted by atomic mass is 32.2. The molecule has 2 saturated heterocycles. The maximum atomic E-state index is 13.4. The second-order valence-electron chi connectivity index (χ2n) is 8.70. The first-order valence-electron chi connectivity index (χ1n) is 12.0. The molecule has 186 valence electrons. The largest absolute Gasteiger partial charge is 0.368 e. The highest BCUT2D eigenvalue weighted by Gasteiger charge is 2.33. The zero-order valence-electron chi connectivity index (χ0n) is 20.6. The summed E-state index contributed by atoms with van der Waals surface area (Å²) in [6, 6.07) is 12.4. The van der Waals surface area contributed by atoms with E-state index in [-0.39, 0.29) is 17.0 Å². The number of pyridine rings is 1. The Hall–Kier alpha value is -3.35. The minimum atomic E-state index is -0.284. The average molecular weight is 520 g/mol. The van der Waals surface area contributed by atoms with E-state index in [1.54, 1.807) is 17.6 Å². The molecule has 0 N–H and O–H groups in total. The van der Waals surface area contributed by atoms with E-state index in [1.807, 2.05) is 31.2 Å². The van der Waals surface area contributed by atoms with Crippen LogP contribution in [0.15, 0.2) is 52.7 Å². The van der Waals surface area contributed by atoms with Gasteiger partial charge in [-0.1, -0.05) is 55.2 Å². The van der Waals surface area contributed by atoms with E-state index in [0.717, 1.165) is 30.9 Å². The Morgan fingerprint density at radius 1 is 1.14 bits per heavy atom. The predicted octanol–water partition coefficient (Wildman–Crippen LogP) is 4.15. The van der Waals surface area contributed by atoms with Gasteiger partial charge in [0.1, 0.15) is 21.8 Å². The lowest BCUT2D eigenvalue weighted by Crippen LogP contribution is -2.48. The molecule has 0 radical (unpaired) electrons. The maximum Gasteiger partial charge on any atom is 0.270 e. The zero-order valence-corrected chi connectivity index (χ0v) is 22.2. The van der Waals surface area contributed by atoms with Gasteiger partial charge in [0.15, 0.2) is 0 Å². The molecule has 2 aliphatic rings. The summed E-state index contributed by atoms with van der Waals surface area (Å²) in [6.45, 7) is 11.4. The normalized spacial score (nSPS) is 17.1. The molecule has 1 amide bonds. The maximum absolute atomic E-state index is 13.4. The molecule has 1 aromatic heterocycles. The summed E-state index contributed by atoms with van der Waals surface area (Å²) in [5, 5.41) is 9.83. The van der Waals surface area contributed by atoms with Gasteiger partial charge in [-0.25, -0.2) is 0 Å². The Bertz CT molecular complexity index is 1320. The number of thiocarbonyl (C=S) groups is 1. The number of thioether (sulfide) groups is 1. The van der Waals surface area contributed by atoms with Gasteiger partial charge in [0.25, 0.3) is 11.5 Å². The van der Waals surface area contributed by atoms with Gasteiger partial charge >= 0.3 is 0 Å². The number of rotatable bonds is 7. The van der Waals surface area contributed by atoms with Gasteiger partial charge in [-0.3, -0.25) is 19.1 Å². The smallest absolute Gasteiger partial charge is 0.270 e. The molecular formula is C27H29N5O2S2. The second kappa shape index (κ2) is 11.1. The topological polar surface area (TPSA) is 72.6 Å². The molecule has 0 aliphatic carbocycles. The van der Waals surface area contributed by atoms with Crippen LogP contribution < -0.4 is 15.4 Å². The lowest BCUT2D eigenvalue weighted by Gasteiger charge is -2.39. The first-order chi connectivity index (χ1) is 17.4. The average Bonchev–Trinajstić information content (AvgIpc) is 3.15. The van der Waals surface area contributed by atoms with Gasteiger partial charge in [-0.15, -0.1) is 6.58 Å². The minimum Gasteiger partial charge on any atom is -0.368 e. The quantitative estimate of drug-likeness (QED) is 0.309. The molecule has 9 heteroatoms. The second-order valence-corrected chi connectivity index (χ2v) is 10.4. The van der Waals surface area contributed by atoms with Crippen molar-refractivity contribution in [3.63, 3.8) is 0 Å². The van der Waals surface area contributed by atoms with Crippen LogP contribution in [-0.4, -0.2) is 52.4 Å². The van der Waals surface area contributed by atoms with E-state index in [1.165, 1.54) is 22.3 Å². The number of hydrogen-bond donors (Lipinski definition) is 0. The number of piperazine rings is 1. The van der Waals surface area contributed by atoms with Crippen molar-refractivity contribution >= 4 is 51.8 Å². The summed E-state index contributed by atoms with van der Waals surface area (Å²) >= 11 is 6.66. The van der Waals surface area contributed by atoms with Crippen LogP contribution in [-0.2, 0) is 11.3 Å². The molecule has 0 spiro atoms. The molecule has 2 aromatic rings. The van der Waals surface area contributed by atoms with Crippen molar-refractivity contribution in [2.45, 2.75) is 26.8 Å². The van der Waals surface area contributed by atoms with E-state index in [0.29, 0.717) is 41.0 Å². The number of anilines is 2. The van der Waals surface area contributed by atoms with Gasteiger partial charge in [0.2, 0.25) is 0 Å². The van der Waals surface area contributed by atoms with E-state index >= 15 is 0 Å². The van der Waals surface area contributed by atoms with Gasteiger partial charge in [0.05, 0.1) is 4.91 Å². The fraction of sp³-hybridized carbons (Fsp3) is 0.333. The number of amides is 1. The Labute approximate surface area is 221 Å². The van der Waals surface area contributed by atoms with Crippen LogP contribution in [0.5, 0.6) is 0 Å². The molecule has 2 aliphatic heterocycles. The highest BCUT2D eigenvalue weighted by Crippen LogP contribution is 2.36. The van der Waals surface area contributed by atoms with E-state index in [2.05, 4.69) is 34.6 Å². The molecule has 2 fully saturated rings. The Kier molecular flexibility index (Phi) is 7.97. The van der Waals surface area contributed by atoms with Crippen LogP contribution in [0, 0.1) is 18.3 Å². The van der Waals surface area contributed by atoms with E-state index < -0.39 is 0 Å². The third-order valence-electron chi connectivity index (χ3n) is 6.45. The summed E-state index contributed by atoms with van der Waals surface area (Å²) in [5.41, 5.74) is 2.32. The van der Waals surface area contributed by atoms with Crippen molar-refractivity contribution < 1.29 is 4.79 Å². The summed E-state index contributed by atoms with van der Waals surface area (Å²) < 4.78 is 2.18. The molecule has 3 heterocycles. The highest BCUT2D eigenvalue weighted by molar-refractivity contribution is 8.26. The van der Waals surface area contributed by atoms with Crippen LogP contribution in [0.3, 0.4) is 0 Å². The molecule has 4 rings (SSSR count). The van der Waals surface area contributed by atoms with Crippen molar-refractivity contribution in [3.8, 4) is 6.07 Å². The molecule has 0 saturated carbocycles. The first kappa shape index (κ1) is 25.7. The fourth-order valence-electron chi connectivity index (χ4n) is 4.65. The summed E-state index contributed by atoms with van der Waals surface area (Å²) in [4.78, 5) is 33.0. The number of hydrogen-bond acceptors (Lipinski definition) is 7. The number of carbonyl (C=O) groups is 1. The standard InChI is InChI=1S/C27H29N5O2S2/c1-4-11-31-24(30-15-13-29(14-16-30)20-9-7-6-8-10-20)21(19(3)22(18-28)25(31)33)17-23-26(34)32(12-5-2)27(35)36-23/h5-10,17H,2,4,11-16H2,1,3H3. The molecule has 0 atom stereocenters. The van der Waals surface area contributed by atoms with Gasteiger partial charge in [0, 0.05) is 50.5 Å². The number of para-hydroxylation sites is 1. The third-order valence-corrected chi connectivity index (χ3v) is 7.83. The van der Waals surface area contributed by atoms with Crippen LogP contribution in [0.4, 0.5) is 11.5 Å². The predicted molar refractivity (Wildman–Crippen MR) is 151 cm³/mol. The monoisotopic (exact) mass is 519 g/mol. The third kappa shape index (κ3) is 4.84. The molecule has 0 bridgehead atoms. The van der Waals surface area contributed by atoms with Crippen molar-refractivity contribution in [2.24, 2.45) is 0 Å². The molecule has 7 nitrogen and oxygen atoms in total. The van der Waals surface area contributed by atoms with Crippen LogP contribution in [0.25, 0.3) is 6.08 Å². The number of nitrogens with zero attached hydrogens (tertiary/aromatic N) is 5. The van der Waals surface area contributed by atoms with Gasteiger partial charge in [-0.2, -0.15) is 5.26 Å². The first-order valence-corrected chi connectivity index (χ1v) is 13.2. The summed E-state index contributed by atoms with van der Waals surface area (Å²) in [5.74, 6) is 0.580.